The van der Waals surface area contributed by atoms with Crippen molar-refractivity contribution in [2.45, 2.75) is 52.0 Å². The summed E-state index contributed by atoms with van der Waals surface area (Å²) in [4.78, 5) is 9.72. The number of nitrogens with zero attached hydrogens (tertiary/aromatic N) is 2. The molecule has 0 bridgehead atoms. The van der Waals surface area contributed by atoms with E-state index in [1.165, 1.54) is 25.7 Å². The molecule has 0 saturated heterocycles. The maximum absolute atomic E-state index is 5.42. The van der Waals surface area contributed by atoms with Gasteiger partial charge in [0.2, 0.25) is 5.95 Å². The molecular formula is C14H23N5S. The van der Waals surface area contributed by atoms with E-state index >= 15 is 0 Å². The molecule has 0 spiro atoms. The van der Waals surface area contributed by atoms with Gasteiger partial charge in [0.05, 0.1) is 5.39 Å². The summed E-state index contributed by atoms with van der Waals surface area (Å²) in [7, 11) is 0. The van der Waals surface area contributed by atoms with Gasteiger partial charge in [-0.05, 0) is 24.8 Å². The van der Waals surface area contributed by atoms with E-state index in [4.69, 9.17) is 5.84 Å². The molecule has 2 aromatic rings. The van der Waals surface area contributed by atoms with E-state index in [0.717, 1.165) is 22.5 Å². The zero-order valence-corrected chi connectivity index (χ0v) is 13.0. The number of anilines is 2. The minimum Gasteiger partial charge on any atom is -0.367 e. The lowest BCUT2D eigenvalue weighted by Crippen LogP contribution is -2.18. The minimum absolute atomic E-state index is 0.399. The van der Waals surface area contributed by atoms with Crippen molar-refractivity contribution in [3.63, 3.8) is 0 Å². The highest BCUT2D eigenvalue weighted by Crippen LogP contribution is 2.27. The topological polar surface area (TPSA) is 75.9 Å². The van der Waals surface area contributed by atoms with Crippen LogP contribution in [0, 0.1) is 0 Å². The normalized spacial score (nSPS) is 12.6. The van der Waals surface area contributed by atoms with Gasteiger partial charge in [0.1, 0.15) is 10.6 Å². The van der Waals surface area contributed by atoms with Crippen LogP contribution in [0.4, 0.5) is 11.8 Å². The van der Waals surface area contributed by atoms with Crippen molar-refractivity contribution in [2.24, 2.45) is 5.84 Å². The second-order valence-electron chi connectivity index (χ2n) is 5.07. The molecule has 0 saturated carbocycles. The van der Waals surface area contributed by atoms with E-state index < -0.39 is 0 Å². The predicted molar refractivity (Wildman–Crippen MR) is 87.1 cm³/mol. The van der Waals surface area contributed by atoms with Crippen LogP contribution in [0.1, 0.15) is 46.0 Å². The van der Waals surface area contributed by atoms with Crippen LogP contribution in [0.5, 0.6) is 0 Å². The van der Waals surface area contributed by atoms with E-state index in [-0.39, 0.29) is 0 Å². The Morgan fingerprint density at radius 1 is 1.30 bits per heavy atom. The summed E-state index contributed by atoms with van der Waals surface area (Å²) in [5.41, 5.74) is 2.53. The zero-order chi connectivity index (χ0) is 14.4. The van der Waals surface area contributed by atoms with E-state index in [2.05, 4.69) is 34.6 Å². The first-order valence-electron chi connectivity index (χ1n) is 7.23. The fourth-order valence-electron chi connectivity index (χ4n) is 2.21. The second kappa shape index (κ2) is 7.40. The van der Waals surface area contributed by atoms with Crippen LogP contribution in [0.25, 0.3) is 10.2 Å². The number of unbranched alkanes of at least 4 members (excludes halogenated alkanes) is 3. The number of nitrogens with one attached hydrogen (secondary N) is 2. The molecule has 0 aliphatic carbocycles. The number of hydrogen-bond acceptors (Lipinski definition) is 6. The molecule has 2 heterocycles. The second-order valence-corrected chi connectivity index (χ2v) is 5.97. The van der Waals surface area contributed by atoms with Gasteiger partial charge in [-0.25, -0.2) is 10.8 Å². The standard InChI is InChI=1S/C14H23N5S/c1-3-4-5-6-7-10(2)16-12-11-8-9-20-13(11)18-14(17-12)19-15/h8-10H,3-7,15H2,1-2H3,(H2,16,17,18,19). The van der Waals surface area contributed by atoms with Crippen LogP contribution in [-0.2, 0) is 0 Å². The quantitative estimate of drug-likeness (QED) is 0.392. The van der Waals surface area contributed by atoms with Crippen LogP contribution < -0.4 is 16.6 Å². The molecule has 1 unspecified atom stereocenters. The molecule has 0 aromatic carbocycles. The molecule has 4 N–H and O–H groups in total. The Kier molecular flexibility index (Phi) is 5.55. The molecule has 0 aliphatic heterocycles. The van der Waals surface area contributed by atoms with Crippen molar-refractivity contribution in [1.29, 1.82) is 0 Å². The monoisotopic (exact) mass is 293 g/mol. The Balaban J connectivity index is 2.02. The first-order chi connectivity index (χ1) is 9.74. The molecule has 110 valence electrons. The third-order valence-electron chi connectivity index (χ3n) is 3.33. The number of thiophene rings is 1. The van der Waals surface area contributed by atoms with Gasteiger partial charge >= 0.3 is 0 Å². The lowest BCUT2D eigenvalue weighted by molar-refractivity contribution is 0.593. The SMILES string of the molecule is CCCCCCC(C)Nc1nc(NN)nc2sccc12. The molecule has 0 amide bonds. The number of aromatic nitrogens is 2. The number of nitrogen functional groups attached to an aromatic ring is 1. The fourth-order valence-corrected chi connectivity index (χ4v) is 2.98. The molecule has 1 atom stereocenters. The molecule has 6 heteroatoms. The molecule has 2 rings (SSSR count). The van der Waals surface area contributed by atoms with Gasteiger partial charge in [0.15, 0.2) is 0 Å². The maximum atomic E-state index is 5.42. The lowest BCUT2D eigenvalue weighted by atomic mass is 10.1. The van der Waals surface area contributed by atoms with Crippen molar-refractivity contribution in [1.82, 2.24) is 9.97 Å². The summed E-state index contributed by atoms with van der Waals surface area (Å²) in [5, 5.41) is 6.57. The first kappa shape index (κ1) is 15.0. The van der Waals surface area contributed by atoms with Crippen LogP contribution >= 0.6 is 11.3 Å². The molecule has 0 radical (unpaired) electrons. The van der Waals surface area contributed by atoms with Gasteiger partial charge in [-0.15, -0.1) is 11.3 Å². The van der Waals surface area contributed by atoms with Gasteiger partial charge in [-0.1, -0.05) is 32.6 Å². The Morgan fingerprint density at radius 2 is 2.15 bits per heavy atom. The smallest absolute Gasteiger partial charge is 0.240 e. The third-order valence-corrected chi connectivity index (χ3v) is 4.13. The number of rotatable bonds is 8. The van der Waals surface area contributed by atoms with Gasteiger partial charge in [-0.2, -0.15) is 4.98 Å². The third kappa shape index (κ3) is 3.80. The Hall–Kier alpha value is -1.40. The summed E-state index contributed by atoms with van der Waals surface area (Å²) in [5.74, 6) is 6.75. The average Bonchev–Trinajstić information content (AvgIpc) is 2.92. The van der Waals surface area contributed by atoms with Crippen molar-refractivity contribution < 1.29 is 0 Å². The van der Waals surface area contributed by atoms with Crippen molar-refractivity contribution in [3.05, 3.63) is 11.4 Å². The number of fused-ring (bicyclic) bond motifs is 1. The number of hydrogen-bond donors (Lipinski definition) is 3. The summed E-state index contributed by atoms with van der Waals surface area (Å²) in [6, 6.07) is 2.45. The molecular weight excluding hydrogens is 270 g/mol. The predicted octanol–water partition coefficient (Wildman–Crippen LogP) is 3.75. The Morgan fingerprint density at radius 3 is 2.90 bits per heavy atom. The molecule has 2 aromatic heterocycles. The van der Waals surface area contributed by atoms with E-state index in [1.54, 1.807) is 11.3 Å². The summed E-state index contributed by atoms with van der Waals surface area (Å²) < 4.78 is 0. The van der Waals surface area contributed by atoms with Crippen LogP contribution in [-0.4, -0.2) is 16.0 Å². The van der Waals surface area contributed by atoms with Crippen molar-refractivity contribution in [3.8, 4) is 0 Å². The average molecular weight is 293 g/mol. The fraction of sp³-hybridized carbons (Fsp3) is 0.571. The van der Waals surface area contributed by atoms with E-state index in [0.29, 0.717) is 12.0 Å². The molecule has 0 aliphatic rings. The summed E-state index contributed by atoms with van der Waals surface area (Å²) >= 11 is 1.60. The van der Waals surface area contributed by atoms with Crippen LogP contribution in [0.2, 0.25) is 0 Å². The van der Waals surface area contributed by atoms with Crippen molar-refractivity contribution >= 4 is 33.3 Å². The maximum Gasteiger partial charge on any atom is 0.240 e. The highest BCUT2D eigenvalue weighted by molar-refractivity contribution is 7.16. The molecule has 0 fully saturated rings. The number of hydrazine groups is 1. The number of nitrogens with two attached hydrogens (primary N) is 1. The summed E-state index contributed by atoms with van der Waals surface area (Å²) in [6.07, 6.45) is 6.30. The molecule has 5 nitrogen and oxygen atoms in total. The van der Waals surface area contributed by atoms with Crippen molar-refractivity contribution in [2.75, 3.05) is 10.7 Å². The van der Waals surface area contributed by atoms with E-state index in [9.17, 15) is 0 Å². The van der Waals surface area contributed by atoms with Gasteiger partial charge < -0.3 is 5.32 Å². The first-order valence-corrected chi connectivity index (χ1v) is 8.11. The highest BCUT2D eigenvalue weighted by Gasteiger charge is 2.10. The lowest BCUT2D eigenvalue weighted by Gasteiger charge is -2.15. The zero-order valence-electron chi connectivity index (χ0n) is 12.1. The Labute approximate surface area is 124 Å². The van der Waals surface area contributed by atoms with Gasteiger partial charge in [0.25, 0.3) is 0 Å². The van der Waals surface area contributed by atoms with Crippen LogP contribution in [0.15, 0.2) is 11.4 Å². The van der Waals surface area contributed by atoms with E-state index in [1.807, 2.05) is 11.4 Å². The van der Waals surface area contributed by atoms with Gasteiger partial charge in [0, 0.05) is 6.04 Å². The van der Waals surface area contributed by atoms with Crippen LogP contribution in [0.3, 0.4) is 0 Å². The molecule has 20 heavy (non-hydrogen) atoms. The van der Waals surface area contributed by atoms with Gasteiger partial charge in [-0.3, -0.25) is 5.43 Å². The Bertz CT molecular complexity index is 539. The highest BCUT2D eigenvalue weighted by atomic mass is 32.1. The summed E-state index contributed by atoms with van der Waals surface area (Å²) in [6.45, 7) is 4.43. The minimum atomic E-state index is 0.399. The largest absolute Gasteiger partial charge is 0.367 e.